The van der Waals surface area contributed by atoms with E-state index in [-0.39, 0.29) is 17.0 Å². The first kappa shape index (κ1) is 15.9. The molecule has 0 aliphatic heterocycles. The maximum absolute atomic E-state index is 13.6. The van der Waals surface area contributed by atoms with Crippen molar-refractivity contribution in [2.45, 2.75) is 18.4 Å². The molecule has 0 amide bonds. The average Bonchev–Trinajstić information content (AvgIpc) is 2.39. The second kappa shape index (κ2) is 6.13. The molecule has 0 fully saturated rings. The Bertz CT molecular complexity index is 779. The van der Waals surface area contributed by atoms with Gasteiger partial charge in [-0.1, -0.05) is 15.9 Å². The predicted molar refractivity (Wildman–Crippen MR) is 83.7 cm³/mol. The number of sulfonamides is 1. The number of nitrogens with one attached hydrogen (secondary N) is 1. The predicted octanol–water partition coefficient (Wildman–Crippen LogP) is 2.96. The highest BCUT2D eigenvalue weighted by molar-refractivity contribution is 9.10. The number of halogens is 2. The molecule has 3 N–H and O–H groups in total. The van der Waals surface area contributed by atoms with Gasteiger partial charge in [0, 0.05) is 22.3 Å². The van der Waals surface area contributed by atoms with Crippen molar-refractivity contribution < 1.29 is 12.8 Å². The quantitative estimate of drug-likeness (QED) is 0.810. The zero-order chi connectivity index (χ0) is 15.6. The van der Waals surface area contributed by atoms with Crippen LogP contribution in [0.2, 0.25) is 0 Å². The first-order chi connectivity index (χ1) is 9.79. The van der Waals surface area contributed by atoms with Gasteiger partial charge in [-0.25, -0.2) is 17.5 Å². The summed E-state index contributed by atoms with van der Waals surface area (Å²) in [5.74, 6) is -0.463. The maximum atomic E-state index is 13.6. The molecule has 2 aromatic rings. The number of anilines is 1. The second-order valence-corrected chi connectivity index (χ2v) is 7.24. The molecule has 0 saturated carbocycles. The number of nitrogen functional groups attached to an aromatic ring is 1. The number of aryl methyl sites for hydroxylation is 1. The van der Waals surface area contributed by atoms with Crippen LogP contribution in [0.3, 0.4) is 0 Å². The summed E-state index contributed by atoms with van der Waals surface area (Å²) in [6.07, 6.45) is 0. The Balaban J connectivity index is 2.24. The Hall–Kier alpha value is -1.44. The molecule has 0 saturated heterocycles. The van der Waals surface area contributed by atoms with Crippen LogP contribution in [0.25, 0.3) is 0 Å². The Morgan fingerprint density at radius 2 is 1.95 bits per heavy atom. The van der Waals surface area contributed by atoms with E-state index in [4.69, 9.17) is 5.73 Å². The number of benzene rings is 2. The third-order valence-electron chi connectivity index (χ3n) is 2.95. The van der Waals surface area contributed by atoms with E-state index >= 15 is 0 Å². The van der Waals surface area contributed by atoms with Gasteiger partial charge in [0.25, 0.3) is 0 Å². The first-order valence-corrected chi connectivity index (χ1v) is 8.37. The topological polar surface area (TPSA) is 72.2 Å². The Morgan fingerprint density at radius 1 is 1.24 bits per heavy atom. The van der Waals surface area contributed by atoms with Crippen molar-refractivity contribution in [3.63, 3.8) is 0 Å². The molecular formula is C14H14BrFN2O2S. The fourth-order valence-corrected chi connectivity index (χ4v) is 3.54. The van der Waals surface area contributed by atoms with Gasteiger partial charge in [0.15, 0.2) is 0 Å². The van der Waals surface area contributed by atoms with E-state index in [1.54, 1.807) is 19.1 Å². The molecule has 0 bridgehead atoms. The largest absolute Gasteiger partial charge is 0.399 e. The molecule has 0 spiro atoms. The van der Waals surface area contributed by atoms with Gasteiger partial charge in [-0.3, -0.25) is 0 Å². The number of rotatable bonds is 4. The Morgan fingerprint density at radius 3 is 2.62 bits per heavy atom. The van der Waals surface area contributed by atoms with Crippen LogP contribution in [0.4, 0.5) is 10.1 Å². The summed E-state index contributed by atoms with van der Waals surface area (Å²) in [5.41, 5.74) is 6.90. The lowest BCUT2D eigenvalue weighted by Gasteiger charge is -2.10. The van der Waals surface area contributed by atoms with Crippen LogP contribution in [-0.2, 0) is 16.6 Å². The molecule has 2 aromatic carbocycles. The molecule has 0 unspecified atom stereocenters. The summed E-state index contributed by atoms with van der Waals surface area (Å²) in [4.78, 5) is 0.132. The molecule has 2 rings (SSSR count). The maximum Gasteiger partial charge on any atom is 0.241 e. The summed E-state index contributed by atoms with van der Waals surface area (Å²) < 4.78 is 41.2. The van der Waals surface area contributed by atoms with E-state index in [0.717, 1.165) is 0 Å². The van der Waals surface area contributed by atoms with Gasteiger partial charge in [-0.05, 0) is 48.9 Å². The SMILES string of the molecule is Cc1cc(N)ccc1S(=O)(=O)NCc1cc(Br)ccc1F. The van der Waals surface area contributed by atoms with Crippen LogP contribution in [0.5, 0.6) is 0 Å². The highest BCUT2D eigenvalue weighted by atomic mass is 79.9. The molecule has 0 aliphatic carbocycles. The molecule has 112 valence electrons. The van der Waals surface area contributed by atoms with Crippen LogP contribution in [0.1, 0.15) is 11.1 Å². The zero-order valence-electron chi connectivity index (χ0n) is 11.2. The molecule has 0 heterocycles. The van der Waals surface area contributed by atoms with Crippen molar-refractivity contribution in [1.29, 1.82) is 0 Å². The van der Waals surface area contributed by atoms with Gasteiger partial charge in [0.1, 0.15) is 5.82 Å². The third kappa shape index (κ3) is 3.81. The minimum absolute atomic E-state index is 0.128. The normalized spacial score (nSPS) is 11.6. The highest BCUT2D eigenvalue weighted by Gasteiger charge is 2.17. The fraction of sp³-hybridized carbons (Fsp3) is 0.143. The van der Waals surface area contributed by atoms with Crippen LogP contribution < -0.4 is 10.5 Å². The summed E-state index contributed by atoms with van der Waals surface area (Å²) >= 11 is 3.22. The van der Waals surface area contributed by atoms with E-state index in [0.29, 0.717) is 15.7 Å². The Kier molecular flexibility index (Phi) is 4.65. The van der Waals surface area contributed by atoms with Gasteiger partial charge < -0.3 is 5.73 Å². The third-order valence-corrected chi connectivity index (χ3v) is 5.00. The number of hydrogen-bond acceptors (Lipinski definition) is 3. The second-order valence-electron chi connectivity index (χ2n) is 4.59. The molecule has 0 aromatic heterocycles. The van der Waals surface area contributed by atoms with Crippen molar-refractivity contribution in [3.05, 3.63) is 57.8 Å². The molecular weight excluding hydrogens is 359 g/mol. The van der Waals surface area contributed by atoms with E-state index < -0.39 is 15.8 Å². The highest BCUT2D eigenvalue weighted by Crippen LogP contribution is 2.19. The lowest BCUT2D eigenvalue weighted by atomic mass is 10.2. The van der Waals surface area contributed by atoms with Crippen LogP contribution >= 0.6 is 15.9 Å². The van der Waals surface area contributed by atoms with Gasteiger partial charge in [-0.15, -0.1) is 0 Å². The molecule has 21 heavy (non-hydrogen) atoms. The van der Waals surface area contributed by atoms with E-state index in [1.165, 1.54) is 24.3 Å². The van der Waals surface area contributed by atoms with Crippen LogP contribution in [-0.4, -0.2) is 8.42 Å². The van der Waals surface area contributed by atoms with E-state index in [1.807, 2.05) is 0 Å². The van der Waals surface area contributed by atoms with Crippen molar-refractivity contribution >= 4 is 31.6 Å². The van der Waals surface area contributed by atoms with Crippen LogP contribution in [0.15, 0.2) is 45.8 Å². The minimum atomic E-state index is -3.72. The smallest absolute Gasteiger partial charge is 0.241 e. The monoisotopic (exact) mass is 372 g/mol. The molecule has 4 nitrogen and oxygen atoms in total. The van der Waals surface area contributed by atoms with Gasteiger partial charge in [0.2, 0.25) is 10.0 Å². The fourth-order valence-electron chi connectivity index (χ4n) is 1.90. The lowest BCUT2D eigenvalue weighted by molar-refractivity contribution is 0.574. The standard InChI is InChI=1S/C14H14BrFN2O2S/c1-9-6-12(17)3-5-14(9)21(19,20)18-8-10-7-11(15)2-4-13(10)16/h2-7,18H,8,17H2,1H3. The van der Waals surface area contributed by atoms with E-state index in [2.05, 4.69) is 20.7 Å². The van der Waals surface area contributed by atoms with Crippen LogP contribution in [0, 0.1) is 12.7 Å². The summed E-state index contributed by atoms with van der Waals surface area (Å²) in [6.45, 7) is 1.53. The summed E-state index contributed by atoms with van der Waals surface area (Å²) in [5, 5.41) is 0. The molecule has 0 radical (unpaired) electrons. The Labute approximate surface area is 131 Å². The van der Waals surface area contributed by atoms with Gasteiger partial charge in [-0.2, -0.15) is 0 Å². The minimum Gasteiger partial charge on any atom is -0.399 e. The number of nitrogens with two attached hydrogens (primary N) is 1. The molecule has 0 aliphatic rings. The van der Waals surface area contributed by atoms with Crippen molar-refractivity contribution in [3.8, 4) is 0 Å². The van der Waals surface area contributed by atoms with Gasteiger partial charge >= 0.3 is 0 Å². The molecule has 0 atom stereocenters. The van der Waals surface area contributed by atoms with Crippen molar-refractivity contribution in [2.75, 3.05) is 5.73 Å². The average molecular weight is 373 g/mol. The van der Waals surface area contributed by atoms with Crippen molar-refractivity contribution in [1.82, 2.24) is 4.72 Å². The van der Waals surface area contributed by atoms with Gasteiger partial charge in [0.05, 0.1) is 4.90 Å². The van der Waals surface area contributed by atoms with Crippen molar-refractivity contribution in [2.24, 2.45) is 0 Å². The molecule has 7 heteroatoms. The zero-order valence-corrected chi connectivity index (χ0v) is 13.6. The number of hydrogen-bond donors (Lipinski definition) is 2. The first-order valence-electron chi connectivity index (χ1n) is 6.09. The summed E-state index contributed by atoms with van der Waals surface area (Å²) in [6, 6.07) is 8.90. The van der Waals surface area contributed by atoms with E-state index in [9.17, 15) is 12.8 Å². The summed E-state index contributed by atoms with van der Waals surface area (Å²) in [7, 11) is -3.72. The lowest BCUT2D eigenvalue weighted by Crippen LogP contribution is -2.24.